The molecule has 2 heterocycles. The quantitative estimate of drug-likeness (QED) is 0.202. The highest BCUT2D eigenvalue weighted by atomic mass is 16.5. The number of furan rings is 1. The van der Waals surface area contributed by atoms with Gasteiger partial charge < -0.3 is 19.2 Å². The molecule has 5 heteroatoms. The predicted octanol–water partition coefficient (Wildman–Crippen LogP) is 6.87. The zero-order chi connectivity index (χ0) is 27.4. The Hall–Kier alpha value is -3.83. The summed E-state index contributed by atoms with van der Waals surface area (Å²) in [5, 5.41) is 4.61. The third kappa shape index (κ3) is 5.64. The number of benzene rings is 3. The molecule has 3 aromatic carbocycles. The van der Waals surface area contributed by atoms with Crippen molar-refractivity contribution >= 4 is 22.4 Å². The van der Waals surface area contributed by atoms with Gasteiger partial charge in [-0.05, 0) is 78.9 Å². The molecule has 1 aromatic heterocycles. The third-order valence-corrected chi connectivity index (χ3v) is 7.87. The molecule has 0 saturated heterocycles. The van der Waals surface area contributed by atoms with E-state index in [-0.39, 0.29) is 11.2 Å². The molecule has 0 spiro atoms. The Morgan fingerprint density at radius 1 is 1.08 bits per heavy atom. The number of rotatable bonds is 8. The van der Waals surface area contributed by atoms with Crippen LogP contribution in [0.5, 0.6) is 5.75 Å². The number of fused-ring (bicyclic) bond motifs is 2. The Labute approximate surface area is 230 Å². The second-order valence-electron chi connectivity index (χ2n) is 10.7. The molecule has 0 fully saturated rings. The van der Waals surface area contributed by atoms with Gasteiger partial charge >= 0.3 is 5.97 Å². The smallest absolute Gasteiger partial charge is 0.374 e. The van der Waals surface area contributed by atoms with Crippen molar-refractivity contribution in [1.82, 2.24) is 0 Å². The molecule has 0 aliphatic carbocycles. The van der Waals surface area contributed by atoms with Crippen LogP contribution >= 0.6 is 0 Å². The van der Waals surface area contributed by atoms with Gasteiger partial charge in [0.15, 0.2) is 0 Å². The van der Waals surface area contributed by atoms with E-state index in [1.54, 1.807) is 13.0 Å². The summed E-state index contributed by atoms with van der Waals surface area (Å²) >= 11 is 0. The molecule has 0 radical (unpaired) electrons. The van der Waals surface area contributed by atoms with E-state index in [0.717, 1.165) is 36.5 Å². The van der Waals surface area contributed by atoms with Crippen molar-refractivity contribution in [2.24, 2.45) is 5.92 Å². The van der Waals surface area contributed by atoms with E-state index in [1.165, 1.54) is 27.6 Å². The standard InChI is InChI=1S/C34H37NO4/c1-5-37-33(36)31-19-17-26(38-31)22-34(3,32-27-12-8-6-10-24(27)16-18-28(32)35-4)21-20-29-23(2)14-15-25-11-7-9-13-30(25)39-29/h6-13,16-20,23,35H,5,14-15,21-22H2,1-4H3/p+1/b29-20-. The van der Waals surface area contributed by atoms with Gasteiger partial charge in [-0.1, -0.05) is 56.3 Å². The molecule has 0 saturated carbocycles. The molecule has 39 heavy (non-hydrogen) atoms. The fourth-order valence-electron chi connectivity index (χ4n) is 5.76. The molecule has 4 aromatic rings. The number of hydrogen-bond acceptors (Lipinski definition) is 4. The maximum atomic E-state index is 12.3. The summed E-state index contributed by atoms with van der Waals surface area (Å²) in [5.74, 6) is 2.84. The normalized spacial score (nSPS) is 17.7. The highest BCUT2D eigenvalue weighted by molar-refractivity contribution is 5.90. The average molecular weight is 525 g/mol. The number of ether oxygens (including phenoxy) is 2. The summed E-state index contributed by atoms with van der Waals surface area (Å²) in [4.78, 5) is 12.3. The van der Waals surface area contributed by atoms with Gasteiger partial charge in [-0.25, -0.2) is 4.79 Å². The van der Waals surface area contributed by atoms with E-state index in [0.29, 0.717) is 18.9 Å². The lowest BCUT2D eigenvalue weighted by molar-refractivity contribution is -0.540. The number of para-hydroxylation sites is 1. The third-order valence-electron chi connectivity index (χ3n) is 7.87. The first-order valence-electron chi connectivity index (χ1n) is 13.9. The lowest BCUT2D eigenvalue weighted by Crippen LogP contribution is -2.73. The minimum atomic E-state index is -0.431. The van der Waals surface area contributed by atoms with Crippen LogP contribution in [0.1, 0.15) is 61.1 Å². The Morgan fingerprint density at radius 2 is 1.87 bits per heavy atom. The number of esters is 1. The molecule has 2 N–H and O–H groups in total. The van der Waals surface area contributed by atoms with Crippen LogP contribution in [0.2, 0.25) is 0 Å². The number of nitrogens with two attached hydrogens (primary N) is 1. The van der Waals surface area contributed by atoms with Crippen LogP contribution in [-0.4, -0.2) is 19.6 Å². The lowest BCUT2D eigenvalue weighted by atomic mass is 9.73. The summed E-state index contributed by atoms with van der Waals surface area (Å²) in [6.07, 6.45) is 5.70. The second kappa shape index (κ2) is 11.5. The van der Waals surface area contributed by atoms with Crippen LogP contribution in [0, 0.1) is 5.92 Å². The van der Waals surface area contributed by atoms with Gasteiger partial charge in [0.1, 0.15) is 23.0 Å². The zero-order valence-electron chi connectivity index (χ0n) is 23.3. The first-order chi connectivity index (χ1) is 18.9. The number of aryl methyl sites for hydroxylation is 1. The van der Waals surface area contributed by atoms with Crippen LogP contribution in [0.3, 0.4) is 0 Å². The van der Waals surface area contributed by atoms with Crippen LogP contribution in [0.25, 0.3) is 10.8 Å². The molecule has 0 amide bonds. The van der Waals surface area contributed by atoms with E-state index >= 15 is 0 Å². The fourth-order valence-corrected chi connectivity index (χ4v) is 5.76. The van der Waals surface area contributed by atoms with Gasteiger partial charge in [0, 0.05) is 23.3 Å². The van der Waals surface area contributed by atoms with Crippen molar-refractivity contribution in [1.29, 1.82) is 0 Å². The first kappa shape index (κ1) is 26.8. The average Bonchev–Trinajstić information content (AvgIpc) is 3.35. The topological polar surface area (TPSA) is 65.3 Å². The van der Waals surface area contributed by atoms with Gasteiger partial charge in [0.2, 0.25) is 5.76 Å². The molecule has 2 atom stereocenters. The highest BCUT2D eigenvalue weighted by Gasteiger charge is 2.34. The van der Waals surface area contributed by atoms with Crippen molar-refractivity contribution in [3.63, 3.8) is 0 Å². The molecule has 202 valence electrons. The molecular weight excluding hydrogens is 486 g/mol. The summed E-state index contributed by atoms with van der Waals surface area (Å²) in [7, 11) is 2.09. The van der Waals surface area contributed by atoms with E-state index < -0.39 is 5.97 Å². The molecular formula is C34H38NO4+. The summed E-state index contributed by atoms with van der Waals surface area (Å²) in [5.41, 5.74) is 3.39. The Morgan fingerprint density at radius 3 is 2.69 bits per heavy atom. The van der Waals surface area contributed by atoms with E-state index in [9.17, 15) is 4.79 Å². The van der Waals surface area contributed by atoms with Crippen molar-refractivity contribution in [3.8, 4) is 5.75 Å². The van der Waals surface area contributed by atoms with Gasteiger partial charge in [0.25, 0.3) is 0 Å². The summed E-state index contributed by atoms with van der Waals surface area (Å²) < 4.78 is 17.7. The lowest BCUT2D eigenvalue weighted by Gasteiger charge is -2.31. The Balaban J connectivity index is 1.58. The SMILES string of the molecule is CCOC(=O)c1ccc(CC(C)(C/C=C2\Oc3ccccc3CCC2C)c2c([NH2+]C)ccc3ccccc23)o1. The molecule has 5 rings (SSSR count). The van der Waals surface area contributed by atoms with Crippen molar-refractivity contribution in [2.45, 2.75) is 51.9 Å². The number of allylic oxidation sites excluding steroid dienone is 2. The maximum Gasteiger partial charge on any atom is 0.374 e. The number of carbonyl (C=O) groups excluding carboxylic acids is 1. The first-order valence-corrected chi connectivity index (χ1v) is 13.9. The number of quaternary nitrogens is 1. The van der Waals surface area contributed by atoms with Crippen LogP contribution in [0.4, 0.5) is 5.69 Å². The second-order valence-corrected chi connectivity index (χ2v) is 10.7. The summed E-state index contributed by atoms with van der Waals surface area (Å²) in [6.45, 7) is 6.65. The van der Waals surface area contributed by atoms with Crippen LogP contribution in [0.15, 0.2) is 89.0 Å². The van der Waals surface area contributed by atoms with Gasteiger partial charge in [0.05, 0.1) is 13.7 Å². The van der Waals surface area contributed by atoms with E-state index in [4.69, 9.17) is 13.9 Å². The fraction of sp³-hybridized carbons (Fsp3) is 0.324. The van der Waals surface area contributed by atoms with Gasteiger partial charge in [-0.2, -0.15) is 0 Å². The molecule has 1 aliphatic heterocycles. The number of hydrogen-bond donors (Lipinski definition) is 1. The monoisotopic (exact) mass is 524 g/mol. The highest BCUT2D eigenvalue weighted by Crippen LogP contribution is 2.41. The van der Waals surface area contributed by atoms with Crippen LogP contribution in [-0.2, 0) is 23.0 Å². The minimum absolute atomic E-state index is 0.241. The predicted molar refractivity (Wildman–Crippen MR) is 154 cm³/mol. The summed E-state index contributed by atoms with van der Waals surface area (Å²) in [6, 6.07) is 24.9. The van der Waals surface area contributed by atoms with Crippen molar-refractivity contribution in [2.75, 3.05) is 13.7 Å². The largest absolute Gasteiger partial charge is 0.462 e. The van der Waals surface area contributed by atoms with E-state index in [2.05, 4.69) is 86.9 Å². The van der Waals surface area contributed by atoms with E-state index in [1.807, 2.05) is 12.1 Å². The van der Waals surface area contributed by atoms with Gasteiger partial charge in [-0.3, -0.25) is 0 Å². The maximum absolute atomic E-state index is 12.3. The molecule has 5 nitrogen and oxygen atoms in total. The van der Waals surface area contributed by atoms with Crippen molar-refractivity contribution < 1.29 is 24.0 Å². The molecule has 2 unspecified atom stereocenters. The van der Waals surface area contributed by atoms with Crippen LogP contribution < -0.4 is 10.1 Å². The molecule has 1 aliphatic rings. The van der Waals surface area contributed by atoms with Gasteiger partial charge in [-0.15, -0.1) is 0 Å². The Kier molecular flexibility index (Phi) is 7.89. The number of carbonyl (C=O) groups is 1. The van der Waals surface area contributed by atoms with Crippen molar-refractivity contribution in [3.05, 3.63) is 107 Å². The zero-order valence-corrected chi connectivity index (χ0v) is 23.3. The minimum Gasteiger partial charge on any atom is -0.462 e. The Bertz CT molecular complexity index is 1500. The molecule has 0 bridgehead atoms.